The van der Waals surface area contributed by atoms with Crippen LogP contribution in [0.3, 0.4) is 0 Å². The Morgan fingerprint density at radius 3 is 2.27 bits per heavy atom. The summed E-state index contributed by atoms with van der Waals surface area (Å²) in [6, 6.07) is 0. The van der Waals surface area contributed by atoms with Gasteiger partial charge in [-0.15, -0.1) is 0 Å². The molecule has 0 aromatic rings. The van der Waals surface area contributed by atoms with Crippen molar-refractivity contribution in [2.75, 3.05) is 13.1 Å². The molecule has 0 aromatic carbocycles. The van der Waals surface area contributed by atoms with Crippen LogP contribution in [0.15, 0.2) is 0 Å². The average molecular weight is 211 g/mol. The van der Waals surface area contributed by atoms with Gasteiger partial charge in [-0.1, -0.05) is 0 Å². The first-order chi connectivity index (χ1) is 6.92. The molecule has 4 nitrogen and oxygen atoms in total. The molecule has 15 heavy (non-hydrogen) atoms. The number of rotatable bonds is 1. The Balaban J connectivity index is 1.84. The molecule has 84 valence electrons. The maximum atomic E-state index is 11.6. The van der Waals surface area contributed by atoms with Gasteiger partial charge in [-0.3, -0.25) is 0 Å². The fourth-order valence-corrected chi connectivity index (χ4v) is 2.25. The molecule has 1 amide bonds. The van der Waals surface area contributed by atoms with Crippen LogP contribution < -0.4 is 0 Å². The molecule has 0 bridgehead atoms. The van der Waals surface area contributed by atoms with E-state index < -0.39 is 5.60 Å². The number of carbonyl (C=O) groups is 2. The molecule has 1 saturated carbocycles. The normalized spacial score (nSPS) is 33.5. The minimum Gasteiger partial charge on any atom is -0.444 e. The quantitative estimate of drug-likeness (QED) is 0.614. The molecule has 1 saturated heterocycles. The van der Waals surface area contributed by atoms with Crippen molar-refractivity contribution >= 4 is 12.4 Å². The second-order valence-corrected chi connectivity index (χ2v) is 5.43. The highest BCUT2D eigenvalue weighted by atomic mass is 16.6. The molecular weight excluding hydrogens is 194 g/mol. The number of likely N-dealkylation sites (tertiary alicyclic amines) is 1. The van der Waals surface area contributed by atoms with Gasteiger partial charge in [0.1, 0.15) is 11.9 Å². The van der Waals surface area contributed by atoms with Gasteiger partial charge in [0.15, 0.2) is 0 Å². The summed E-state index contributed by atoms with van der Waals surface area (Å²) in [5.41, 5.74) is -0.437. The van der Waals surface area contributed by atoms with Crippen molar-refractivity contribution in [3.8, 4) is 0 Å². The van der Waals surface area contributed by atoms with Crippen molar-refractivity contribution in [3.63, 3.8) is 0 Å². The number of ether oxygens (including phenoxy) is 1. The van der Waals surface area contributed by atoms with E-state index in [2.05, 4.69) is 0 Å². The van der Waals surface area contributed by atoms with Gasteiger partial charge in [0.05, 0.1) is 0 Å². The first-order valence-corrected chi connectivity index (χ1v) is 5.35. The topological polar surface area (TPSA) is 46.6 Å². The van der Waals surface area contributed by atoms with E-state index in [9.17, 15) is 9.59 Å². The molecular formula is C11H17NO3. The molecule has 2 rings (SSSR count). The lowest BCUT2D eigenvalue weighted by Crippen LogP contribution is -2.37. The molecule has 1 unspecified atom stereocenters. The molecule has 1 aliphatic heterocycles. The van der Waals surface area contributed by atoms with E-state index in [-0.39, 0.29) is 12.0 Å². The Bertz CT molecular complexity index is 283. The van der Waals surface area contributed by atoms with Gasteiger partial charge >= 0.3 is 6.09 Å². The lowest BCUT2D eigenvalue weighted by atomic mass is 10.2. The zero-order chi connectivity index (χ0) is 11.2. The van der Waals surface area contributed by atoms with Gasteiger partial charge in [-0.2, -0.15) is 0 Å². The third-order valence-corrected chi connectivity index (χ3v) is 3.07. The van der Waals surface area contributed by atoms with Crippen LogP contribution in [0.4, 0.5) is 4.79 Å². The number of fused-ring (bicyclic) bond motifs is 1. The van der Waals surface area contributed by atoms with Crippen molar-refractivity contribution < 1.29 is 14.3 Å². The molecule has 2 fully saturated rings. The lowest BCUT2D eigenvalue weighted by molar-refractivity contribution is -0.109. The largest absolute Gasteiger partial charge is 0.444 e. The molecule has 0 radical (unpaired) electrons. The van der Waals surface area contributed by atoms with Crippen LogP contribution in [0.5, 0.6) is 0 Å². The zero-order valence-electron chi connectivity index (χ0n) is 9.40. The predicted octanol–water partition coefficient (Wildman–Crippen LogP) is 1.30. The van der Waals surface area contributed by atoms with Crippen LogP contribution in [0.2, 0.25) is 0 Å². The summed E-state index contributed by atoms with van der Waals surface area (Å²) in [5.74, 6) is 0.994. The number of amides is 1. The Hall–Kier alpha value is -1.06. The van der Waals surface area contributed by atoms with Gasteiger partial charge in [0.2, 0.25) is 0 Å². The summed E-state index contributed by atoms with van der Waals surface area (Å²) in [6.07, 6.45) is 0.765. The second kappa shape index (κ2) is 3.22. The monoisotopic (exact) mass is 211 g/mol. The maximum absolute atomic E-state index is 11.6. The minimum absolute atomic E-state index is 0.198. The predicted molar refractivity (Wildman–Crippen MR) is 54.3 cm³/mol. The van der Waals surface area contributed by atoms with Crippen LogP contribution >= 0.6 is 0 Å². The minimum atomic E-state index is -0.437. The summed E-state index contributed by atoms with van der Waals surface area (Å²) in [5, 5.41) is 0. The van der Waals surface area contributed by atoms with Gasteiger partial charge in [0, 0.05) is 19.0 Å². The summed E-state index contributed by atoms with van der Waals surface area (Å²) < 4.78 is 5.26. The number of aldehydes is 1. The SMILES string of the molecule is CC(C)(C)OC(=O)N1C[C@@H]2C(C=O)[C@@H]2C1. The lowest BCUT2D eigenvalue weighted by Gasteiger charge is -2.25. The fourth-order valence-electron chi connectivity index (χ4n) is 2.25. The van der Waals surface area contributed by atoms with E-state index in [1.807, 2.05) is 20.8 Å². The number of hydrogen-bond acceptors (Lipinski definition) is 3. The number of hydrogen-bond donors (Lipinski definition) is 0. The molecule has 3 atom stereocenters. The molecule has 0 spiro atoms. The van der Waals surface area contributed by atoms with Gasteiger partial charge in [-0.05, 0) is 32.6 Å². The first-order valence-electron chi connectivity index (χ1n) is 5.35. The van der Waals surface area contributed by atoms with Crippen molar-refractivity contribution in [1.82, 2.24) is 4.90 Å². The number of nitrogens with zero attached hydrogens (tertiary/aromatic N) is 1. The van der Waals surface area contributed by atoms with Crippen LogP contribution in [0.1, 0.15) is 20.8 Å². The fraction of sp³-hybridized carbons (Fsp3) is 0.818. The highest BCUT2D eigenvalue weighted by Crippen LogP contribution is 2.50. The highest BCUT2D eigenvalue weighted by Gasteiger charge is 2.57. The smallest absolute Gasteiger partial charge is 0.410 e. The number of piperidine rings is 1. The molecule has 0 N–H and O–H groups in total. The van der Waals surface area contributed by atoms with Crippen molar-refractivity contribution in [2.45, 2.75) is 26.4 Å². The van der Waals surface area contributed by atoms with Gasteiger partial charge in [0.25, 0.3) is 0 Å². The van der Waals surface area contributed by atoms with Crippen LogP contribution in [0.25, 0.3) is 0 Å². The van der Waals surface area contributed by atoms with Crippen molar-refractivity contribution in [2.24, 2.45) is 17.8 Å². The van der Waals surface area contributed by atoms with Crippen molar-refractivity contribution in [3.05, 3.63) is 0 Å². The number of carbonyl (C=O) groups excluding carboxylic acids is 2. The first kappa shape index (κ1) is 10.5. The molecule has 2 aliphatic rings. The zero-order valence-corrected chi connectivity index (χ0v) is 9.40. The van der Waals surface area contributed by atoms with E-state index in [1.165, 1.54) is 0 Å². The van der Waals surface area contributed by atoms with Crippen LogP contribution in [0, 0.1) is 17.8 Å². The maximum Gasteiger partial charge on any atom is 0.410 e. The Kier molecular flexibility index (Phi) is 2.24. The third kappa shape index (κ3) is 1.98. The summed E-state index contributed by atoms with van der Waals surface area (Å²) in [6.45, 7) is 6.94. The van der Waals surface area contributed by atoms with Crippen LogP contribution in [-0.2, 0) is 9.53 Å². The van der Waals surface area contributed by atoms with Gasteiger partial charge in [-0.25, -0.2) is 4.79 Å². The second-order valence-electron chi connectivity index (χ2n) is 5.43. The molecule has 0 aromatic heterocycles. The summed E-state index contributed by atoms with van der Waals surface area (Å²) in [4.78, 5) is 23.9. The van der Waals surface area contributed by atoms with Gasteiger partial charge < -0.3 is 14.4 Å². The molecule has 1 heterocycles. The Morgan fingerprint density at radius 1 is 1.33 bits per heavy atom. The van der Waals surface area contributed by atoms with E-state index in [0.29, 0.717) is 24.9 Å². The van der Waals surface area contributed by atoms with E-state index in [0.717, 1.165) is 6.29 Å². The molecule has 1 aliphatic carbocycles. The molecule has 4 heteroatoms. The van der Waals surface area contributed by atoms with E-state index in [4.69, 9.17) is 4.74 Å². The third-order valence-electron chi connectivity index (χ3n) is 3.07. The van der Waals surface area contributed by atoms with Crippen molar-refractivity contribution in [1.29, 1.82) is 0 Å². The standard InChI is InChI=1S/C11H17NO3/c1-11(2,3)15-10(14)12-4-7-8(5-12)9(7)6-13/h6-9H,4-5H2,1-3H3/t7-,8+,9?. The summed E-state index contributed by atoms with van der Waals surface area (Å²) >= 11 is 0. The highest BCUT2D eigenvalue weighted by molar-refractivity contribution is 5.70. The Morgan fingerprint density at radius 2 is 1.87 bits per heavy atom. The average Bonchev–Trinajstić information content (AvgIpc) is 2.54. The van der Waals surface area contributed by atoms with E-state index in [1.54, 1.807) is 4.90 Å². The van der Waals surface area contributed by atoms with Crippen LogP contribution in [-0.4, -0.2) is 36.0 Å². The summed E-state index contributed by atoms with van der Waals surface area (Å²) in [7, 11) is 0. The van der Waals surface area contributed by atoms with E-state index >= 15 is 0 Å². The Labute approximate surface area is 89.6 Å².